The molecule has 2 N–H and O–H groups in total. The Labute approximate surface area is 150 Å². The van der Waals surface area contributed by atoms with E-state index in [9.17, 15) is 4.79 Å². The lowest BCUT2D eigenvalue weighted by atomic mass is 10.1. The van der Waals surface area contributed by atoms with Crippen molar-refractivity contribution in [1.29, 1.82) is 0 Å². The van der Waals surface area contributed by atoms with Crippen molar-refractivity contribution >= 4 is 32.7 Å². The van der Waals surface area contributed by atoms with Crippen molar-refractivity contribution in [1.82, 2.24) is 10.3 Å². The smallest absolute Gasteiger partial charge is 0.220 e. The third kappa shape index (κ3) is 4.06. The van der Waals surface area contributed by atoms with Crippen LogP contribution in [0.2, 0.25) is 0 Å². The van der Waals surface area contributed by atoms with E-state index in [0.717, 1.165) is 28.4 Å². The summed E-state index contributed by atoms with van der Waals surface area (Å²) in [7, 11) is 0. The molecule has 2 aromatic carbocycles. The number of nitrogens with one attached hydrogen (secondary N) is 2. The van der Waals surface area contributed by atoms with Crippen LogP contribution in [-0.4, -0.2) is 10.9 Å². The molecule has 0 aliphatic rings. The minimum absolute atomic E-state index is 0.0167. The Bertz CT molecular complexity index is 840. The third-order valence-corrected chi connectivity index (χ3v) is 4.74. The van der Waals surface area contributed by atoms with E-state index in [2.05, 4.69) is 38.4 Å². The lowest BCUT2D eigenvalue weighted by molar-refractivity contribution is -0.121. The summed E-state index contributed by atoms with van der Waals surface area (Å²) in [6, 6.07) is 16.3. The van der Waals surface area contributed by atoms with E-state index in [0.29, 0.717) is 6.42 Å². The molecule has 1 heterocycles. The normalized spacial score (nSPS) is 12.2. The molecule has 1 atom stereocenters. The fourth-order valence-corrected chi connectivity index (χ4v) is 3.37. The number of aryl methyl sites for hydroxylation is 1. The first kappa shape index (κ1) is 16.8. The Morgan fingerprint density at radius 2 is 2.04 bits per heavy atom. The molecule has 0 fully saturated rings. The number of carbonyl (C=O) groups excluding carboxylic acids is 1. The van der Waals surface area contributed by atoms with E-state index in [4.69, 9.17) is 0 Å². The third-order valence-electron chi connectivity index (χ3n) is 4.25. The maximum Gasteiger partial charge on any atom is 0.220 e. The van der Waals surface area contributed by atoms with Crippen molar-refractivity contribution in [2.45, 2.75) is 32.2 Å². The van der Waals surface area contributed by atoms with Gasteiger partial charge in [-0.2, -0.15) is 0 Å². The van der Waals surface area contributed by atoms with Crippen LogP contribution in [-0.2, 0) is 11.2 Å². The molecule has 3 nitrogen and oxygen atoms in total. The lowest BCUT2D eigenvalue weighted by Crippen LogP contribution is -2.26. The van der Waals surface area contributed by atoms with Crippen LogP contribution >= 0.6 is 15.9 Å². The highest BCUT2D eigenvalue weighted by molar-refractivity contribution is 9.10. The fraction of sp³-hybridized carbons (Fsp3) is 0.250. The molecule has 0 bridgehead atoms. The van der Waals surface area contributed by atoms with Gasteiger partial charge >= 0.3 is 0 Å². The summed E-state index contributed by atoms with van der Waals surface area (Å²) in [5.74, 6) is 0.0994. The van der Waals surface area contributed by atoms with Crippen molar-refractivity contribution in [3.05, 3.63) is 70.3 Å². The number of para-hydroxylation sites is 1. The molecule has 24 heavy (non-hydrogen) atoms. The number of benzene rings is 2. The summed E-state index contributed by atoms with van der Waals surface area (Å²) in [6.07, 6.45) is 4.34. The number of amides is 1. The highest BCUT2D eigenvalue weighted by Crippen LogP contribution is 2.20. The van der Waals surface area contributed by atoms with Crippen molar-refractivity contribution in [3.63, 3.8) is 0 Å². The van der Waals surface area contributed by atoms with Gasteiger partial charge in [-0.3, -0.25) is 4.79 Å². The van der Waals surface area contributed by atoms with Gasteiger partial charge < -0.3 is 10.3 Å². The quantitative estimate of drug-likeness (QED) is 0.607. The molecule has 0 radical (unpaired) electrons. The van der Waals surface area contributed by atoms with Crippen molar-refractivity contribution in [2.75, 3.05) is 0 Å². The average molecular weight is 385 g/mol. The fourth-order valence-electron chi connectivity index (χ4n) is 2.95. The second-order valence-corrected chi connectivity index (χ2v) is 6.97. The van der Waals surface area contributed by atoms with E-state index in [-0.39, 0.29) is 11.9 Å². The van der Waals surface area contributed by atoms with E-state index in [1.807, 2.05) is 49.5 Å². The zero-order valence-electron chi connectivity index (χ0n) is 13.7. The molecule has 1 unspecified atom stereocenters. The topological polar surface area (TPSA) is 44.9 Å². The van der Waals surface area contributed by atoms with Gasteiger partial charge in [-0.1, -0.05) is 46.3 Å². The van der Waals surface area contributed by atoms with E-state index in [1.54, 1.807) is 0 Å². The van der Waals surface area contributed by atoms with Crippen LogP contribution in [0, 0.1) is 0 Å². The number of fused-ring (bicyclic) bond motifs is 1. The molecular weight excluding hydrogens is 364 g/mol. The summed E-state index contributed by atoms with van der Waals surface area (Å²) in [5.41, 5.74) is 3.54. The predicted molar refractivity (Wildman–Crippen MR) is 102 cm³/mol. The van der Waals surface area contributed by atoms with Gasteiger partial charge in [-0.15, -0.1) is 0 Å². The summed E-state index contributed by atoms with van der Waals surface area (Å²) in [5, 5.41) is 4.32. The van der Waals surface area contributed by atoms with E-state index in [1.165, 1.54) is 10.9 Å². The molecule has 124 valence electrons. The lowest BCUT2D eigenvalue weighted by Gasteiger charge is -2.14. The molecular formula is C20H21BrN2O. The Hall–Kier alpha value is -2.07. The standard InChI is InChI=1S/C20H21BrN2O/c1-14(15-6-4-8-17(21)12-15)23-20(24)11-5-7-16-13-22-19-10-3-2-9-18(16)19/h2-4,6,8-10,12-14,22H,5,7,11H2,1H3,(H,23,24). The van der Waals surface area contributed by atoms with Crippen LogP contribution in [0.15, 0.2) is 59.2 Å². The van der Waals surface area contributed by atoms with Crippen molar-refractivity contribution in [3.8, 4) is 0 Å². The van der Waals surface area contributed by atoms with Crippen LogP contribution in [0.3, 0.4) is 0 Å². The molecule has 0 spiro atoms. The van der Waals surface area contributed by atoms with Gasteiger partial charge in [0, 0.05) is 28.0 Å². The zero-order chi connectivity index (χ0) is 16.9. The summed E-state index contributed by atoms with van der Waals surface area (Å²) < 4.78 is 1.03. The molecule has 1 amide bonds. The van der Waals surface area contributed by atoms with Gasteiger partial charge in [0.15, 0.2) is 0 Å². The molecule has 3 rings (SSSR count). The van der Waals surface area contributed by atoms with Gasteiger partial charge in [0.1, 0.15) is 0 Å². The first-order valence-corrected chi connectivity index (χ1v) is 9.02. The minimum Gasteiger partial charge on any atom is -0.361 e. The SMILES string of the molecule is CC(NC(=O)CCCc1c[nH]c2ccccc12)c1cccc(Br)c1. The molecule has 0 saturated carbocycles. The van der Waals surface area contributed by atoms with Crippen LogP contribution in [0.25, 0.3) is 10.9 Å². The summed E-state index contributed by atoms with van der Waals surface area (Å²) in [4.78, 5) is 15.5. The van der Waals surface area contributed by atoms with Gasteiger partial charge in [-0.05, 0) is 49.1 Å². The second-order valence-electron chi connectivity index (χ2n) is 6.06. The van der Waals surface area contributed by atoms with Gasteiger partial charge in [0.25, 0.3) is 0 Å². The van der Waals surface area contributed by atoms with E-state index < -0.39 is 0 Å². The van der Waals surface area contributed by atoms with Gasteiger partial charge in [0.2, 0.25) is 5.91 Å². The Morgan fingerprint density at radius 1 is 1.21 bits per heavy atom. The predicted octanol–water partition coefficient (Wildman–Crippen LogP) is 5.13. The van der Waals surface area contributed by atoms with Crippen LogP contribution in [0.5, 0.6) is 0 Å². The maximum atomic E-state index is 12.2. The van der Waals surface area contributed by atoms with E-state index >= 15 is 0 Å². The number of aromatic amines is 1. The monoisotopic (exact) mass is 384 g/mol. The van der Waals surface area contributed by atoms with Crippen LogP contribution in [0.1, 0.15) is 36.9 Å². The Kier molecular flexibility index (Phi) is 5.36. The second kappa shape index (κ2) is 7.67. The van der Waals surface area contributed by atoms with Gasteiger partial charge in [0.05, 0.1) is 6.04 Å². The Morgan fingerprint density at radius 3 is 2.88 bits per heavy atom. The zero-order valence-corrected chi connectivity index (χ0v) is 15.3. The number of hydrogen-bond donors (Lipinski definition) is 2. The number of hydrogen-bond acceptors (Lipinski definition) is 1. The largest absolute Gasteiger partial charge is 0.361 e. The van der Waals surface area contributed by atoms with Gasteiger partial charge in [-0.25, -0.2) is 0 Å². The first-order valence-electron chi connectivity index (χ1n) is 8.23. The molecule has 0 aliphatic heterocycles. The molecule has 3 aromatic rings. The maximum absolute atomic E-state index is 12.2. The van der Waals surface area contributed by atoms with Crippen LogP contribution in [0.4, 0.5) is 0 Å². The Balaban J connectivity index is 1.50. The highest BCUT2D eigenvalue weighted by atomic mass is 79.9. The number of H-pyrrole nitrogens is 1. The molecule has 1 aromatic heterocycles. The number of rotatable bonds is 6. The molecule has 0 aliphatic carbocycles. The first-order chi connectivity index (χ1) is 11.6. The number of carbonyl (C=O) groups is 1. The minimum atomic E-state index is 0.0167. The highest BCUT2D eigenvalue weighted by Gasteiger charge is 2.10. The molecule has 0 saturated heterocycles. The molecule has 4 heteroatoms. The van der Waals surface area contributed by atoms with Crippen molar-refractivity contribution < 1.29 is 4.79 Å². The van der Waals surface area contributed by atoms with Crippen molar-refractivity contribution in [2.24, 2.45) is 0 Å². The number of halogens is 1. The number of aromatic nitrogens is 1. The average Bonchev–Trinajstić information content (AvgIpc) is 2.98. The summed E-state index contributed by atoms with van der Waals surface area (Å²) >= 11 is 3.46. The van der Waals surface area contributed by atoms with Crippen LogP contribution < -0.4 is 5.32 Å². The summed E-state index contributed by atoms with van der Waals surface area (Å²) in [6.45, 7) is 2.01.